The third-order valence-electron chi connectivity index (χ3n) is 3.83. The number of rotatable bonds is 4. The van der Waals surface area contributed by atoms with Crippen LogP contribution in [0.15, 0.2) is 24.3 Å². The highest BCUT2D eigenvalue weighted by Gasteiger charge is 2.24. The molecule has 0 bridgehead atoms. The van der Waals surface area contributed by atoms with Gasteiger partial charge in [0.25, 0.3) is 0 Å². The molecule has 1 aromatic carbocycles. The van der Waals surface area contributed by atoms with Crippen molar-refractivity contribution in [2.75, 3.05) is 26.7 Å². The van der Waals surface area contributed by atoms with Crippen LogP contribution in [0.5, 0.6) is 5.75 Å². The van der Waals surface area contributed by atoms with Crippen LogP contribution in [0.2, 0.25) is 0 Å². The molecule has 0 aromatic heterocycles. The van der Waals surface area contributed by atoms with Gasteiger partial charge >= 0.3 is 0 Å². The summed E-state index contributed by atoms with van der Waals surface area (Å²) in [6.45, 7) is 5.30. The molecule has 1 fully saturated rings. The zero-order valence-corrected chi connectivity index (χ0v) is 11.4. The number of benzene rings is 1. The first-order valence-corrected chi connectivity index (χ1v) is 6.82. The molecule has 1 aromatic rings. The number of methoxy groups -OCH3 is 1. The molecule has 1 heterocycles. The van der Waals surface area contributed by atoms with Gasteiger partial charge in [0.2, 0.25) is 0 Å². The van der Waals surface area contributed by atoms with E-state index < -0.39 is 0 Å². The zero-order valence-electron chi connectivity index (χ0n) is 11.4. The summed E-state index contributed by atoms with van der Waals surface area (Å²) in [6.07, 6.45) is 2.62. The predicted molar refractivity (Wildman–Crippen MR) is 74.8 cm³/mol. The molecule has 0 aliphatic carbocycles. The molecule has 1 aliphatic rings. The fourth-order valence-electron chi connectivity index (χ4n) is 2.85. The monoisotopic (exact) mass is 248 g/mol. The summed E-state index contributed by atoms with van der Waals surface area (Å²) in [5.41, 5.74) is 7.26. The van der Waals surface area contributed by atoms with Crippen LogP contribution in [-0.2, 0) is 0 Å². The van der Waals surface area contributed by atoms with Gasteiger partial charge in [0.05, 0.1) is 7.11 Å². The van der Waals surface area contributed by atoms with Gasteiger partial charge in [-0.25, -0.2) is 0 Å². The molecule has 0 spiro atoms. The highest BCUT2D eigenvalue weighted by Crippen LogP contribution is 2.27. The van der Waals surface area contributed by atoms with Crippen LogP contribution in [0.3, 0.4) is 0 Å². The molecule has 0 radical (unpaired) electrons. The Bertz CT molecular complexity index is 381. The van der Waals surface area contributed by atoms with Gasteiger partial charge in [0.15, 0.2) is 0 Å². The molecule has 3 nitrogen and oxygen atoms in total. The van der Waals surface area contributed by atoms with Gasteiger partial charge in [-0.05, 0) is 43.0 Å². The maximum atomic E-state index is 5.99. The van der Waals surface area contributed by atoms with Crippen LogP contribution in [0.1, 0.15) is 31.4 Å². The van der Waals surface area contributed by atoms with Crippen LogP contribution < -0.4 is 10.5 Å². The summed E-state index contributed by atoms with van der Waals surface area (Å²) in [7, 11) is 1.71. The average Bonchev–Trinajstić information content (AvgIpc) is 2.40. The van der Waals surface area contributed by atoms with Crippen molar-refractivity contribution in [1.29, 1.82) is 0 Å². The summed E-state index contributed by atoms with van der Waals surface area (Å²) in [6, 6.07) is 8.61. The zero-order chi connectivity index (χ0) is 13.0. The van der Waals surface area contributed by atoms with Crippen molar-refractivity contribution in [2.24, 2.45) is 11.7 Å². The smallest absolute Gasteiger partial charge is 0.119 e. The summed E-state index contributed by atoms with van der Waals surface area (Å²) < 4.78 is 5.30. The van der Waals surface area contributed by atoms with E-state index in [1.54, 1.807) is 7.11 Å². The number of hydrogen-bond acceptors (Lipinski definition) is 3. The number of piperidine rings is 1. The van der Waals surface area contributed by atoms with Crippen LogP contribution >= 0.6 is 0 Å². The van der Waals surface area contributed by atoms with Crippen molar-refractivity contribution in [1.82, 2.24) is 4.90 Å². The topological polar surface area (TPSA) is 38.5 Å². The van der Waals surface area contributed by atoms with Crippen LogP contribution in [0.4, 0.5) is 0 Å². The summed E-state index contributed by atoms with van der Waals surface area (Å²) in [5, 5.41) is 0. The van der Waals surface area contributed by atoms with Crippen molar-refractivity contribution in [3.63, 3.8) is 0 Å². The second-order valence-corrected chi connectivity index (χ2v) is 5.27. The summed E-state index contributed by atoms with van der Waals surface area (Å²) >= 11 is 0. The minimum absolute atomic E-state index is 0.322. The molecular formula is C15H24N2O. The molecule has 3 heteroatoms. The van der Waals surface area contributed by atoms with E-state index >= 15 is 0 Å². The minimum atomic E-state index is 0.322. The van der Waals surface area contributed by atoms with E-state index in [1.807, 2.05) is 12.1 Å². The first-order valence-electron chi connectivity index (χ1n) is 6.82. The lowest BCUT2D eigenvalue weighted by Crippen LogP contribution is -2.40. The minimum Gasteiger partial charge on any atom is -0.497 e. The first kappa shape index (κ1) is 13.4. The molecule has 100 valence electrons. The Balaban J connectivity index is 2.16. The van der Waals surface area contributed by atoms with Gasteiger partial charge in [-0.3, -0.25) is 4.90 Å². The number of likely N-dealkylation sites (tertiary alicyclic amines) is 1. The van der Waals surface area contributed by atoms with Gasteiger partial charge in [0, 0.05) is 19.1 Å². The molecule has 1 aliphatic heterocycles. The van der Waals surface area contributed by atoms with Crippen LogP contribution in [0, 0.1) is 5.92 Å². The van der Waals surface area contributed by atoms with E-state index in [-0.39, 0.29) is 0 Å². The van der Waals surface area contributed by atoms with E-state index in [0.717, 1.165) is 24.8 Å². The third kappa shape index (κ3) is 3.03. The SMILES string of the molecule is COc1cccc([C@H](CN)N2CCC[C@@H](C)C2)c1. The Morgan fingerprint density at radius 1 is 1.50 bits per heavy atom. The number of ether oxygens (including phenoxy) is 1. The molecule has 18 heavy (non-hydrogen) atoms. The lowest BCUT2D eigenvalue weighted by molar-refractivity contribution is 0.133. The fourth-order valence-corrected chi connectivity index (χ4v) is 2.85. The quantitative estimate of drug-likeness (QED) is 0.889. The largest absolute Gasteiger partial charge is 0.497 e. The van der Waals surface area contributed by atoms with Crippen LogP contribution in [-0.4, -0.2) is 31.6 Å². The Hall–Kier alpha value is -1.06. The Morgan fingerprint density at radius 3 is 3.00 bits per heavy atom. The van der Waals surface area contributed by atoms with E-state index in [0.29, 0.717) is 12.6 Å². The van der Waals surface area contributed by atoms with Crippen LogP contribution in [0.25, 0.3) is 0 Å². The average molecular weight is 248 g/mol. The number of hydrogen-bond donors (Lipinski definition) is 1. The summed E-state index contributed by atoms with van der Waals surface area (Å²) in [5.74, 6) is 1.69. The number of nitrogens with two attached hydrogens (primary N) is 1. The van der Waals surface area contributed by atoms with Gasteiger partial charge in [-0.15, -0.1) is 0 Å². The van der Waals surface area contributed by atoms with Gasteiger partial charge in [-0.1, -0.05) is 19.1 Å². The third-order valence-corrected chi connectivity index (χ3v) is 3.83. The molecule has 0 amide bonds. The fraction of sp³-hybridized carbons (Fsp3) is 0.600. The normalized spacial score (nSPS) is 22.7. The van der Waals surface area contributed by atoms with E-state index in [9.17, 15) is 0 Å². The second kappa shape index (κ2) is 6.21. The standard InChI is InChI=1S/C15H24N2O/c1-12-5-4-8-17(11-12)15(10-16)13-6-3-7-14(9-13)18-2/h3,6-7,9,12,15H,4-5,8,10-11,16H2,1-2H3/t12-,15+/m1/s1. The van der Waals surface area contributed by atoms with E-state index in [2.05, 4.69) is 24.0 Å². The Morgan fingerprint density at radius 2 is 2.33 bits per heavy atom. The molecular weight excluding hydrogens is 224 g/mol. The van der Waals surface area contributed by atoms with Gasteiger partial charge in [-0.2, -0.15) is 0 Å². The lowest BCUT2D eigenvalue weighted by Gasteiger charge is -2.37. The van der Waals surface area contributed by atoms with E-state index in [4.69, 9.17) is 10.5 Å². The Kier molecular flexibility index (Phi) is 4.61. The van der Waals surface area contributed by atoms with E-state index in [1.165, 1.54) is 18.4 Å². The van der Waals surface area contributed by atoms with Gasteiger partial charge < -0.3 is 10.5 Å². The maximum Gasteiger partial charge on any atom is 0.119 e. The Labute approximate surface area is 110 Å². The predicted octanol–water partition coefficient (Wildman–Crippen LogP) is 2.43. The second-order valence-electron chi connectivity index (χ2n) is 5.27. The maximum absolute atomic E-state index is 5.99. The molecule has 0 saturated carbocycles. The van der Waals surface area contributed by atoms with Crippen molar-refractivity contribution in [2.45, 2.75) is 25.8 Å². The van der Waals surface area contributed by atoms with Crippen molar-refractivity contribution in [3.05, 3.63) is 29.8 Å². The molecule has 2 atom stereocenters. The lowest BCUT2D eigenvalue weighted by atomic mass is 9.96. The molecule has 2 rings (SSSR count). The molecule has 1 saturated heterocycles. The first-order chi connectivity index (χ1) is 8.74. The highest BCUT2D eigenvalue weighted by atomic mass is 16.5. The van der Waals surface area contributed by atoms with Crippen molar-refractivity contribution >= 4 is 0 Å². The number of nitrogens with zero attached hydrogens (tertiary/aromatic N) is 1. The highest BCUT2D eigenvalue weighted by molar-refractivity contribution is 5.30. The summed E-state index contributed by atoms with van der Waals surface area (Å²) in [4.78, 5) is 2.52. The van der Waals surface area contributed by atoms with Crippen molar-refractivity contribution in [3.8, 4) is 5.75 Å². The molecule has 0 unspecified atom stereocenters. The van der Waals surface area contributed by atoms with Gasteiger partial charge in [0.1, 0.15) is 5.75 Å². The molecule has 2 N–H and O–H groups in total. The van der Waals surface area contributed by atoms with Crippen molar-refractivity contribution < 1.29 is 4.74 Å².